The van der Waals surface area contributed by atoms with Gasteiger partial charge in [0.25, 0.3) is 0 Å². The van der Waals surface area contributed by atoms with Gasteiger partial charge in [-0.2, -0.15) is 0 Å². The summed E-state index contributed by atoms with van der Waals surface area (Å²) >= 11 is 0. The highest BCUT2D eigenvalue weighted by molar-refractivity contribution is 5.92. The summed E-state index contributed by atoms with van der Waals surface area (Å²) in [6, 6.07) is 14.8. The van der Waals surface area contributed by atoms with E-state index in [9.17, 15) is 4.79 Å². The highest BCUT2D eigenvalue weighted by atomic mass is 35.5. The molecule has 4 nitrogen and oxygen atoms in total. The van der Waals surface area contributed by atoms with Crippen LogP contribution in [0.4, 0.5) is 11.4 Å². The van der Waals surface area contributed by atoms with Crippen molar-refractivity contribution in [3.05, 3.63) is 54.1 Å². The Labute approximate surface area is 143 Å². The maximum Gasteiger partial charge on any atom is 0.228 e. The molecule has 0 saturated heterocycles. The summed E-state index contributed by atoms with van der Waals surface area (Å²) < 4.78 is 5.63. The molecular weight excluding hydrogens is 312 g/mol. The Hall–Kier alpha value is -2.20. The molecule has 124 valence electrons. The fourth-order valence-electron chi connectivity index (χ4n) is 2.02. The van der Waals surface area contributed by atoms with Crippen LogP contribution in [0.15, 0.2) is 48.5 Å². The lowest BCUT2D eigenvalue weighted by Crippen LogP contribution is -2.14. The van der Waals surface area contributed by atoms with Crippen molar-refractivity contribution in [1.82, 2.24) is 0 Å². The predicted octanol–water partition coefficient (Wildman–Crippen LogP) is 4.05. The lowest BCUT2D eigenvalue weighted by molar-refractivity contribution is -0.115. The van der Waals surface area contributed by atoms with Crippen molar-refractivity contribution in [3.63, 3.8) is 0 Å². The average Bonchev–Trinajstić information content (AvgIpc) is 2.50. The quantitative estimate of drug-likeness (QED) is 0.593. The normalized spacial score (nSPS) is 9.78. The summed E-state index contributed by atoms with van der Waals surface area (Å²) in [7, 11) is 0. The van der Waals surface area contributed by atoms with Gasteiger partial charge in [0, 0.05) is 17.4 Å². The number of nitrogens with one attached hydrogen (secondary N) is 1. The van der Waals surface area contributed by atoms with E-state index in [2.05, 4.69) is 12.2 Å². The average molecular weight is 335 g/mol. The molecule has 0 aliphatic rings. The third kappa shape index (κ3) is 6.61. The largest absolute Gasteiger partial charge is 0.494 e. The van der Waals surface area contributed by atoms with Crippen LogP contribution in [0.25, 0.3) is 0 Å². The van der Waals surface area contributed by atoms with Gasteiger partial charge in [-0.1, -0.05) is 31.5 Å². The van der Waals surface area contributed by atoms with Gasteiger partial charge in [-0.3, -0.25) is 4.79 Å². The number of benzene rings is 2. The van der Waals surface area contributed by atoms with Gasteiger partial charge in [-0.15, -0.1) is 12.4 Å². The maximum atomic E-state index is 12.1. The van der Waals surface area contributed by atoms with Gasteiger partial charge in [-0.05, 0) is 36.2 Å². The molecule has 0 radical (unpaired) electrons. The van der Waals surface area contributed by atoms with E-state index in [1.54, 1.807) is 12.1 Å². The van der Waals surface area contributed by atoms with Crippen molar-refractivity contribution in [2.45, 2.75) is 26.2 Å². The monoisotopic (exact) mass is 334 g/mol. The van der Waals surface area contributed by atoms with Crippen molar-refractivity contribution in [2.75, 3.05) is 17.7 Å². The highest BCUT2D eigenvalue weighted by Gasteiger charge is 2.05. The second kappa shape index (κ2) is 9.74. The molecular formula is C18H23ClN2O2. The molecule has 2 rings (SSSR count). The first kappa shape index (κ1) is 18.8. The van der Waals surface area contributed by atoms with Crippen molar-refractivity contribution in [2.24, 2.45) is 0 Å². The highest BCUT2D eigenvalue weighted by Crippen LogP contribution is 2.18. The molecule has 0 unspecified atom stereocenters. The van der Waals surface area contributed by atoms with Crippen LogP contribution in [0.2, 0.25) is 0 Å². The standard InChI is InChI=1S/C18H22N2O2.ClH/c1-2-3-11-22-17-6-4-5-16(13-17)20-18(21)12-14-7-9-15(19)10-8-14;/h4-10,13H,2-3,11-12,19H2,1H3,(H,20,21);1H. The molecule has 0 bridgehead atoms. The molecule has 23 heavy (non-hydrogen) atoms. The van der Waals surface area contributed by atoms with E-state index in [-0.39, 0.29) is 18.3 Å². The van der Waals surface area contributed by atoms with Crippen molar-refractivity contribution < 1.29 is 9.53 Å². The van der Waals surface area contributed by atoms with Crippen LogP contribution >= 0.6 is 12.4 Å². The number of halogens is 1. The van der Waals surface area contributed by atoms with Crippen molar-refractivity contribution in [1.29, 1.82) is 0 Å². The first-order chi connectivity index (χ1) is 10.7. The molecule has 0 spiro atoms. The van der Waals surface area contributed by atoms with Crippen LogP contribution in [0, 0.1) is 0 Å². The van der Waals surface area contributed by atoms with Crippen LogP contribution in [0.5, 0.6) is 5.75 Å². The van der Waals surface area contributed by atoms with Gasteiger partial charge in [0.2, 0.25) is 5.91 Å². The number of amides is 1. The number of nitrogen functional groups attached to an aromatic ring is 1. The lowest BCUT2D eigenvalue weighted by atomic mass is 10.1. The SMILES string of the molecule is CCCCOc1cccc(NC(=O)Cc2ccc(N)cc2)c1.Cl. The van der Waals surface area contributed by atoms with E-state index in [4.69, 9.17) is 10.5 Å². The Balaban J connectivity index is 0.00000264. The summed E-state index contributed by atoms with van der Waals surface area (Å²) in [5.74, 6) is 0.717. The zero-order valence-corrected chi connectivity index (χ0v) is 14.1. The number of anilines is 2. The van der Waals surface area contributed by atoms with E-state index < -0.39 is 0 Å². The van der Waals surface area contributed by atoms with E-state index in [0.29, 0.717) is 18.7 Å². The fourth-order valence-corrected chi connectivity index (χ4v) is 2.02. The smallest absolute Gasteiger partial charge is 0.228 e. The predicted molar refractivity (Wildman–Crippen MR) is 97.3 cm³/mol. The van der Waals surface area contributed by atoms with E-state index in [0.717, 1.165) is 29.8 Å². The lowest BCUT2D eigenvalue weighted by Gasteiger charge is -2.09. The second-order valence-electron chi connectivity index (χ2n) is 5.20. The van der Waals surface area contributed by atoms with Crippen LogP contribution < -0.4 is 15.8 Å². The summed E-state index contributed by atoms with van der Waals surface area (Å²) in [5, 5.41) is 2.89. The summed E-state index contributed by atoms with van der Waals surface area (Å²) in [5.41, 5.74) is 8.01. The number of ether oxygens (including phenoxy) is 1. The minimum atomic E-state index is -0.0597. The van der Waals surface area contributed by atoms with Gasteiger partial charge in [0.15, 0.2) is 0 Å². The molecule has 1 amide bonds. The Bertz CT molecular complexity index is 615. The number of unbranched alkanes of at least 4 members (excludes halogenated alkanes) is 1. The first-order valence-electron chi connectivity index (χ1n) is 7.54. The molecule has 0 aliphatic carbocycles. The van der Waals surface area contributed by atoms with E-state index >= 15 is 0 Å². The Kier molecular flexibility index (Phi) is 7.98. The van der Waals surface area contributed by atoms with Crippen LogP contribution in [-0.4, -0.2) is 12.5 Å². The maximum absolute atomic E-state index is 12.1. The molecule has 0 heterocycles. The summed E-state index contributed by atoms with van der Waals surface area (Å²) in [4.78, 5) is 12.1. The van der Waals surface area contributed by atoms with Gasteiger partial charge in [0.05, 0.1) is 13.0 Å². The van der Waals surface area contributed by atoms with Crippen LogP contribution in [-0.2, 0) is 11.2 Å². The molecule has 0 fully saturated rings. The van der Waals surface area contributed by atoms with Crippen LogP contribution in [0.3, 0.4) is 0 Å². The fraction of sp³-hybridized carbons (Fsp3) is 0.278. The number of rotatable bonds is 7. The zero-order valence-electron chi connectivity index (χ0n) is 13.2. The van der Waals surface area contributed by atoms with Gasteiger partial charge in [-0.25, -0.2) is 0 Å². The number of nitrogens with two attached hydrogens (primary N) is 1. The number of hydrogen-bond donors (Lipinski definition) is 2. The molecule has 0 saturated carbocycles. The summed E-state index contributed by atoms with van der Waals surface area (Å²) in [6.45, 7) is 2.82. The van der Waals surface area contributed by atoms with Gasteiger partial charge < -0.3 is 15.8 Å². The van der Waals surface area contributed by atoms with Gasteiger partial charge >= 0.3 is 0 Å². The third-order valence-electron chi connectivity index (χ3n) is 3.23. The Morgan fingerprint density at radius 2 is 1.91 bits per heavy atom. The van der Waals surface area contributed by atoms with E-state index in [1.807, 2.05) is 36.4 Å². The number of hydrogen-bond acceptors (Lipinski definition) is 3. The Morgan fingerprint density at radius 1 is 1.17 bits per heavy atom. The van der Waals surface area contributed by atoms with Crippen molar-refractivity contribution in [3.8, 4) is 5.75 Å². The number of carbonyl (C=O) groups excluding carboxylic acids is 1. The zero-order chi connectivity index (χ0) is 15.8. The number of carbonyl (C=O) groups is 1. The van der Waals surface area contributed by atoms with E-state index in [1.165, 1.54) is 0 Å². The van der Waals surface area contributed by atoms with Crippen molar-refractivity contribution >= 4 is 29.7 Å². The first-order valence-corrected chi connectivity index (χ1v) is 7.54. The summed E-state index contributed by atoms with van der Waals surface area (Å²) in [6.07, 6.45) is 2.44. The molecule has 5 heteroatoms. The van der Waals surface area contributed by atoms with Crippen LogP contribution in [0.1, 0.15) is 25.3 Å². The molecule has 0 atom stereocenters. The molecule has 2 aromatic carbocycles. The minimum Gasteiger partial charge on any atom is -0.494 e. The molecule has 0 aromatic heterocycles. The second-order valence-corrected chi connectivity index (χ2v) is 5.20. The Morgan fingerprint density at radius 3 is 2.61 bits per heavy atom. The molecule has 3 N–H and O–H groups in total. The molecule has 2 aromatic rings. The topological polar surface area (TPSA) is 64.3 Å². The third-order valence-corrected chi connectivity index (χ3v) is 3.23. The molecule has 0 aliphatic heterocycles. The van der Waals surface area contributed by atoms with Gasteiger partial charge in [0.1, 0.15) is 5.75 Å². The minimum absolute atomic E-state index is 0.